The molecule has 0 radical (unpaired) electrons. The lowest BCUT2D eigenvalue weighted by atomic mass is 10.2. The van der Waals surface area contributed by atoms with Crippen LogP contribution in [0.4, 0.5) is 10.1 Å². The molecule has 0 saturated carbocycles. The first-order valence-corrected chi connectivity index (χ1v) is 12.4. The number of carbonyl (C=O) groups is 1. The van der Waals surface area contributed by atoms with Gasteiger partial charge in [0.25, 0.3) is 5.91 Å². The van der Waals surface area contributed by atoms with Crippen molar-refractivity contribution < 1.29 is 17.6 Å². The number of rotatable bonds is 5. The van der Waals surface area contributed by atoms with Gasteiger partial charge >= 0.3 is 0 Å². The fourth-order valence-corrected chi connectivity index (χ4v) is 5.84. The molecule has 33 heavy (non-hydrogen) atoms. The van der Waals surface area contributed by atoms with E-state index in [1.165, 1.54) is 27.3 Å². The Hall–Kier alpha value is -3.04. The minimum Gasteiger partial charge on any atom is -0.322 e. The summed E-state index contributed by atoms with van der Waals surface area (Å²) in [6, 6.07) is 11.1. The Morgan fingerprint density at radius 3 is 2.42 bits per heavy atom. The van der Waals surface area contributed by atoms with Crippen molar-refractivity contribution in [2.45, 2.75) is 44.4 Å². The van der Waals surface area contributed by atoms with Gasteiger partial charge in [0, 0.05) is 18.8 Å². The summed E-state index contributed by atoms with van der Waals surface area (Å²) in [7, 11) is -3.66. The van der Waals surface area contributed by atoms with Gasteiger partial charge in [-0.2, -0.15) is 9.40 Å². The molecule has 1 aromatic heterocycles. The number of nitrogens with zero attached hydrogens (tertiary/aromatic N) is 3. The highest BCUT2D eigenvalue weighted by atomic mass is 32.2. The first-order chi connectivity index (χ1) is 15.8. The van der Waals surface area contributed by atoms with Crippen LogP contribution in [0.3, 0.4) is 0 Å². The number of hydrogen-bond donors (Lipinski definition) is 1. The van der Waals surface area contributed by atoms with Gasteiger partial charge in [0.2, 0.25) is 10.0 Å². The van der Waals surface area contributed by atoms with Crippen molar-refractivity contribution in [1.29, 1.82) is 0 Å². The Morgan fingerprint density at radius 1 is 1.03 bits per heavy atom. The Morgan fingerprint density at radius 2 is 1.73 bits per heavy atom. The van der Waals surface area contributed by atoms with Gasteiger partial charge in [0.1, 0.15) is 11.5 Å². The maximum atomic E-state index is 14.2. The quantitative estimate of drug-likeness (QED) is 0.597. The maximum absolute atomic E-state index is 14.2. The Kier molecular flexibility index (Phi) is 6.62. The Bertz CT molecular complexity index is 1280. The van der Waals surface area contributed by atoms with Crippen molar-refractivity contribution >= 4 is 21.6 Å². The lowest BCUT2D eigenvalue weighted by Crippen LogP contribution is -2.32. The Balaban J connectivity index is 1.59. The monoisotopic (exact) mass is 470 g/mol. The third-order valence-electron chi connectivity index (χ3n) is 5.96. The molecule has 1 saturated heterocycles. The number of anilines is 1. The number of para-hydroxylation sites is 1. The molecule has 0 aliphatic carbocycles. The normalized spacial score (nSPS) is 15.2. The van der Waals surface area contributed by atoms with E-state index in [1.807, 2.05) is 0 Å². The molecule has 1 fully saturated rings. The number of amides is 1. The van der Waals surface area contributed by atoms with E-state index in [-0.39, 0.29) is 16.1 Å². The number of benzene rings is 2. The van der Waals surface area contributed by atoms with Crippen LogP contribution >= 0.6 is 0 Å². The van der Waals surface area contributed by atoms with Crippen molar-refractivity contribution in [1.82, 2.24) is 14.1 Å². The van der Waals surface area contributed by atoms with E-state index < -0.39 is 21.7 Å². The summed E-state index contributed by atoms with van der Waals surface area (Å²) in [5.74, 6) is -0.894. The summed E-state index contributed by atoms with van der Waals surface area (Å²) in [4.78, 5) is 13.1. The van der Waals surface area contributed by atoms with Crippen molar-refractivity contribution in [2.75, 3.05) is 18.4 Å². The largest absolute Gasteiger partial charge is 0.322 e. The van der Waals surface area contributed by atoms with Crippen molar-refractivity contribution in [2.24, 2.45) is 0 Å². The van der Waals surface area contributed by atoms with E-state index in [9.17, 15) is 17.6 Å². The van der Waals surface area contributed by atoms with Crippen molar-refractivity contribution in [3.63, 3.8) is 0 Å². The van der Waals surface area contributed by atoms with E-state index in [0.29, 0.717) is 30.0 Å². The van der Waals surface area contributed by atoms with Crippen LogP contribution in [0.5, 0.6) is 0 Å². The second kappa shape index (κ2) is 9.44. The molecule has 174 valence electrons. The third-order valence-corrected chi connectivity index (χ3v) is 8.00. The van der Waals surface area contributed by atoms with Gasteiger partial charge in [-0.15, -0.1) is 0 Å². The molecule has 2 heterocycles. The number of aromatic nitrogens is 2. The maximum Gasteiger partial charge on any atom is 0.259 e. The molecule has 3 aromatic rings. The summed E-state index contributed by atoms with van der Waals surface area (Å²) in [6.07, 6.45) is 5.13. The molecule has 1 N–H and O–H groups in total. The highest BCUT2D eigenvalue weighted by molar-refractivity contribution is 7.89. The molecule has 0 atom stereocenters. The molecule has 0 unspecified atom stereocenters. The van der Waals surface area contributed by atoms with Crippen LogP contribution < -0.4 is 5.32 Å². The predicted molar refractivity (Wildman–Crippen MR) is 125 cm³/mol. The predicted octanol–water partition coefficient (Wildman–Crippen LogP) is 4.45. The lowest BCUT2D eigenvalue weighted by molar-refractivity contribution is 0.102. The molecule has 4 rings (SSSR count). The van der Waals surface area contributed by atoms with Gasteiger partial charge in [0.15, 0.2) is 0 Å². The first kappa shape index (κ1) is 23.1. The average molecular weight is 471 g/mol. The fourth-order valence-electron chi connectivity index (χ4n) is 4.07. The molecule has 2 aromatic carbocycles. The summed E-state index contributed by atoms with van der Waals surface area (Å²) in [6.45, 7) is 4.44. The zero-order valence-corrected chi connectivity index (χ0v) is 19.5. The van der Waals surface area contributed by atoms with Gasteiger partial charge in [0.05, 0.1) is 22.3 Å². The van der Waals surface area contributed by atoms with E-state index in [0.717, 1.165) is 25.7 Å². The molecule has 9 heteroatoms. The molecule has 1 aliphatic rings. The summed E-state index contributed by atoms with van der Waals surface area (Å²) in [5, 5.41) is 6.93. The number of carbonyl (C=O) groups excluding carboxylic acids is 1. The van der Waals surface area contributed by atoms with Crippen LogP contribution in [0.2, 0.25) is 0 Å². The summed E-state index contributed by atoms with van der Waals surface area (Å²) in [5.41, 5.74) is 1.99. The number of halogens is 1. The van der Waals surface area contributed by atoms with Gasteiger partial charge in [-0.05, 0) is 56.5 Å². The van der Waals surface area contributed by atoms with Gasteiger partial charge in [-0.3, -0.25) is 4.79 Å². The second-order valence-electron chi connectivity index (χ2n) is 8.26. The van der Waals surface area contributed by atoms with Crippen molar-refractivity contribution in [3.05, 3.63) is 71.3 Å². The van der Waals surface area contributed by atoms with Crippen LogP contribution in [-0.2, 0) is 10.0 Å². The van der Waals surface area contributed by atoms with E-state index >= 15 is 0 Å². The van der Waals surface area contributed by atoms with Crippen LogP contribution in [0.1, 0.15) is 47.3 Å². The lowest BCUT2D eigenvalue weighted by Gasteiger charge is -2.21. The van der Waals surface area contributed by atoms with Crippen molar-refractivity contribution in [3.8, 4) is 5.69 Å². The number of sulfonamides is 1. The SMILES string of the molecule is Cc1ccc(NC(=O)c2cnn(-c3ccccc3F)c2C)cc1S(=O)(=O)N1CCCCCC1. The topological polar surface area (TPSA) is 84.3 Å². The number of nitrogens with one attached hydrogen (secondary N) is 1. The molecule has 1 aliphatic heterocycles. The molecule has 0 spiro atoms. The highest BCUT2D eigenvalue weighted by Gasteiger charge is 2.27. The zero-order valence-electron chi connectivity index (χ0n) is 18.7. The molecular weight excluding hydrogens is 443 g/mol. The van der Waals surface area contributed by atoms with Crippen LogP contribution in [-0.4, -0.2) is 41.5 Å². The molecule has 7 nitrogen and oxygen atoms in total. The fraction of sp³-hybridized carbons (Fsp3) is 0.333. The van der Waals surface area contributed by atoms with Crippen LogP contribution in [0, 0.1) is 19.7 Å². The number of hydrogen-bond acceptors (Lipinski definition) is 4. The summed E-state index contributed by atoms with van der Waals surface area (Å²) < 4.78 is 43.6. The molecular formula is C24H27FN4O3S. The standard InChI is InChI=1S/C24H27FN4O3S/c1-17-11-12-19(15-23(17)33(31,32)28-13-7-3-4-8-14-28)27-24(30)20-16-26-29(18(20)2)22-10-6-5-9-21(22)25/h5-6,9-12,15-16H,3-4,7-8,13-14H2,1-2H3,(H,27,30). The summed E-state index contributed by atoms with van der Waals surface area (Å²) >= 11 is 0. The number of aryl methyl sites for hydroxylation is 1. The first-order valence-electron chi connectivity index (χ1n) is 11.0. The smallest absolute Gasteiger partial charge is 0.259 e. The van der Waals surface area contributed by atoms with Gasteiger partial charge in [-0.1, -0.05) is 31.0 Å². The van der Waals surface area contributed by atoms with E-state index in [2.05, 4.69) is 10.4 Å². The zero-order chi connectivity index (χ0) is 23.6. The van der Waals surface area contributed by atoms with E-state index in [4.69, 9.17) is 0 Å². The van der Waals surface area contributed by atoms with Crippen LogP contribution in [0.15, 0.2) is 53.6 Å². The highest BCUT2D eigenvalue weighted by Crippen LogP contribution is 2.26. The van der Waals surface area contributed by atoms with Gasteiger partial charge < -0.3 is 5.32 Å². The molecule has 0 bridgehead atoms. The minimum absolute atomic E-state index is 0.195. The average Bonchev–Trinajstić information content (AvgIpc) is 2.99. The second-order valence-corrected chi connectivity index (χ2v) is 10.2. The Labute approximate surface area is 193 Å². The third kappa shape index (κ3) is 4.69. The van der Waals surface area contributed by atoms with Gasteiger partial charge in [-0.25, -0.2) is 17.5 Å². The molecule has 1 amide bonds. The van der Waals surface area contributed by atoms with Crippen LogP contribution in [0.25, 0.3) is 5.69 Å². The van der Waals surface area contributed by atoms with E-state index in [1.54, 1.807) is 44.2 Å². The minimum atomic E-state index is -3.66.